The van der Waals surface area contributed by atoms with Crippen LogP contribution in [-0.4, -0.2) is 59.5 Å². The number of benzene rings is 1. The highest BCUT2D eigenvalue weighted by Crippen LogP contribution is 2.36. The normalized spacial score (nSPS) is 23.7. The monoisotopic (exact) mass is 400 g/mol. The summed E-state index contributed by atoms with van der Waals surface area (Å²) < 4.78 is 10.3. The third-order valence-corrected chi connectivity index (χ3v) is 5.36. The number of likely N-dealkylation sites (tertiary alicyclic amines) is 2. The Bertz CT molecular complexity index is 748. The van der Waals surface area contributed by atoms with Crippen LogP contribution in [0.2, 0.25) is 0 Å². The highest BCUT2D eigenvalue weighted by atomic mass is 16.6. The van der Waals surface area contributed by atoms with Crippen molar-refractivity contribution in [2.24, 2.45) is 0 Å². The van der Waals surface area contributed by atoms with Crippen LogP contribution in [0.5, 0.6) is 0 Å². The number of hydrogen-bond donors (Lipinski definition) is 1. The number of carbonyl (C=O) groups is 2. The van der Waals surface area contributed by atoms with Crippen molar-refractivity contribution >= 4 is 12.2 Å². The molecule has 7 heteroatoms. The molecule has 2 aliphatic heterocycles. The first-order chi connectivity index (χ1) is 14.0. The Morgan fingerprint density at radius 3 is 2.14 bits per heavy atom. The summed E-state index contributed by atoms with van der Waals surface area (Å²) >= 11 is 0. The van der Waals surface area contributed by atoms with E-state index in [0.717, 1.165) is 24.0 Å². The Hall–Kier alpha value is -2.80. The van der Waals surface area contributed by atoms with Crippen LogP contribution in [0.1, 0.15) is 42.5 Å². The maximum absolute atomic E-state index is 12.3. The van der Waals surface area contributed by atoms with E-state index in [4.69, 9.17) is 9.47 Å². The van der Waals surface area contributed by atoms with Gasteiger partial charge in [-0.2, -0.15) is 0 Å². The van der Waals surface area contributed by atoms with E-state index in [-0.39, 0.29) is 37.9 Å². The third kappa shape index (κ3) is 4.79. The van der Waals surface area contributed by atoms with Gasteiger partial charge in [0.2, 0.25) is 0 Å². The maximum atomic E-state index is 12.3. The molecule has 2 fully saturated rings. The fraction of sp³-hybridized carbons (Fsp3) is 0.455. The lowest BCUT2D eigenvalue weighted by atomic mass is 9.98. The molecule has 0 unspecified atom stereocenters. The lowest BCUT2D eigenvalue weighted by molar-refractivity contribution is 0.102. The molecule has 0 spiro atoms. The third-order valence-electron chi connectivity index (χ3n) is 5.36. The summed E-state index contributed by atoms with van der Waals surface area (Å²) in [5, 5.41) is 10.1. The summed E-state index contributed by atoms with van der Waals surface area (Å²) in [5.74, 6) is 0. The Labute approximate surface area is 171 Å². The van der Waals surface area contributed by atoms with Gasteiger partial charge in [0.15, 0.2) is 0 Å². The molecule has 2 heterocycles. The largest absolute Gasteiger partial charge is 0.445 e. The summed E-state index contributed by atoms with van der Waals surface area (Å²) in [5.41, 5.74) is 1.96. The smallest absolute Gasteiger partial charge is 0.410 e. The zero-order chi connectivity index (χ0) is 20.8. The molecule has 0 aromatic heterocycles. The molecule has 7 nitrogen and oxygen atoms in total. The van der Waals surface area contributed by atoms with Crippen molar-refractivity contribution < 1.29 is 24.2 Å². The van der Waals surface area contributed by atoms with Crippen LogP contribution >= 0.6 is 0 Å². The van der Waals surface area contributed by atoms with E-state index in [2.05, 4.69) is 13.2 Å². The molecule has 1 N–H and O–H groups in total. The molecule has 0 bridgehead atoms. The SMILES string of the molecule is C=CCOC(=O)N1CCC[C@@H]1c1ccc([C@H]2C[C@@H](O)CN2C(=O)OCC=C)cc1. The topological polar surface area (TPSA) is 79.3 Å². The van der Waals surface area contributed by atoms with Crippen molar-refractivity contribution in [1.29, 1.82) is 0 Å². The van der Waals surface area contributed by atoms with E-state index in [1.807, 2.05) is 24.3 Å². The molecule has 3 rings (SSSR count). The van der Waals surface area contributed by atoms with Crippen LogP contribution in [0.4, 0.5) is 9.59 Å². The van der Waals surface area contributed by atoms with Crippen molar-refractivity contribution in [1.82, 2.24) is 9.80 Å². The number of amides is 2. The van der Waals surface area contributed by atoms with Crippen LogP contribution in [0, 0.1) is 0 Å². The Kier molecular flexibility index (Phi) is 6.93. The number of β-amino-alcohol motifs (C(OH)–C–C–N with tert-alkyl or cyclic N) is 1. The van der Waals surface area contributed by atoms with Gasteiger partial charge in [-0.05, 0) is 30.4 Å². The van der Waals surface area contributed by atoms with Crippen molar-refractivity contribution in [2.45, 2.75) is 37.5 Å². The van der Waals surface area contributed by atoms with Crippen LogP contribution in [0.15, 0.2) is 49.6 Å². The molecule has 156 valence electrons. The first kappa shape index (κ1) is 20.9. The molecule has 0 aliphatic carbocycles. The van der Waals surface area contributed by atoms with Crippen molar-refractivity contribution in [3.8, 4) is 0 Å². The number of aliphatic hydroxyl groups is 1. The summed E-state index contributed by atoms with van der Waals surface area (Å²) in [6.07, 6.45) is 3.97. The number of rotatable bonds is 6. The number of hydrogen-bond acceptors (Lipinski definition) is 5. The van der Waals surface area contributed by atoms with Gasteiger partial charge in [0.25, 0.3) is 0 Å². The first-order valence-electron chi connectivity index (χ1n) is 9.91. The standard InChI is InChI=1S/C22H28N2O5/c1-3-12-28-21(26)23-11-5-6-19(23)16-7-9-17(10-8-16)20-14-18(25)15-24(20)22(27)29-13-4-2/h3-4,7-10,18-20,25H,1-2,5-6,11-15H2/t18-,19-,20-/m1/s1. The van der Waals surface area contributed by atoms with E-state index in [1.54, 1.807) is 15.9 Å². The van der Waals surface area contributed by atoms with Crippen LogP contribution in [0.3, 0.4) is 0 Å². The van der Waals surface area contributed by atoms with Gasteiger partial charge in [-0.1, -0.05) is 49.6 Å². The van der Waals surface area contributed by atoms with Crippen LogP contribution < -0.4 is 0 Å². The zero-order valence-electron chi connectivity index (χ0n) is 16.5. The lowest BCUT2D eigenvalue weighted by Gasteiger charge is -2.26. The van der Waals surface area contributed by atoms with Crippen molar-refractivity contribution in [2.75, 3.05) is 26.3 Å². The maximum Gasteiger partial charge on any atom is 0.410 e. The van der Waals surface area contributed by atoms with Gasteiger partial charge < -0.3 is 19.5 Å². The summed E-state index contributed by atoms with van der Waals surface area (Å²) in [6.45, 7) is 8.36. The second-order valence-electron chi connectivity index (χ2n) is 7.31. The van der Waals surface area contributed by atoms with Gasteiger partial charge in [0.05, 0.1) is 24.7 Å². The minimum Gasteiger partial charge on any atom is -0.445 e. The Morgan fingerprint density at radius 1 is 1.00 bits per heavy atom. The number of nitrogens with zero attached hydrogens (tertiary/aromatic N) is 2. The van der Waals surface area contributed by atoms with Gasteiger partial charge in [-0.15, -0.1) is 0 Å². The average molecular weight is 400 g/mol. The first-order valence-corrected chi connectivity index (χ1v) is 9.91. The molecule has 29 heavy (non-hydrogen) atoms. The van der Waals surface area contributed by atoms with Crippen LogP contribution in [0.25, 0.3) is 0 Å². The van der Waals surface area contributed by atoms with Gasteiger partial charge in [-0.3, -0.25) is 4.90 Å². The molecule has 1 aromatic carbocycles. The zero-order valence-corrected chi connectivity index (χ0v) is 16.5. The van der Waals surface area contributed by atoms with Gasteiger partial charge >= 0.3 is 12.2 Å². The fourth-order valence-electron chi connectivity index (χ4n) is 4.03. The van der Waals surface area contributed by atoms with Crippen molar-refractivity contribution in [3.63, 3.8) is 0 Å². The van der Waals surface area contributed by atoms with Gasteiger partial charge in [0.1, 0.15) is 13.2 Å². The Morgan fingerprint density at radius 2 is 1.55 bits per heavy atom. The molecule has 2 amide bonds. The highest BCUT2D eigenvalue weighted by Gasteiger charge is 2.37. The number of carbonyl (C=O) groups excluding carboxylic acids is 2. The fourth-order valence-corrected chi connectivity index (χ4v) is 4.03. The second-order valence-corrected chi connectivity index (χ2v) is 7.31. The van der Waals surface area contributed by atoms with E-state index < -0.39 is 12.2 Å². The van der Waals surface area contributed by atoms with Gasteiger partial charge in [0, 0.05) is 6.54 Å². The highest BCUT2D eigenvalue weighted by molar-refractivity contribution is 5.69. The van der Waals surface area contributed by atoms with E-state index in [1.165, 1.54) is 6.08 Å². The molecule has 3 atom stereocenters. The molecule has 2 saturated heterocycles. The summed E-state index contributed by atoms with van der Waals surface area (Å²) in [7, 11) is 0. The molecule has 0 radical (unpaired) electrons. The molecule has 1 aromatic rings. The minimum absolute atomic E-state index is 0.0239. The molecular weight excluding hydrogens is 372 g/mol. The van der Waals surface area contributed by atoms with Crippen molar-refractivity contribution in [3.05, 3.63) is 60.7 Å². The average Bonchev–Trinajstić information content (AvgIpc) is 3.37. The quantitative estimate of drug-likeness (QED) is 0.739. The van der Waals surface area contributed by atoms with Gasteiger partial charge in [-0.25, -0.2) is 9.59 Å². The van der Waals surface area contributed by atoms with E-state index >= 15 is 0 Å². The predicted molar refractivity (Wildman–Crippen MR) is 108 cm³/mol. The Balaban J connectivity index is 1.71. The van der Waals surface area contributed by atoms with Crippen LogP contribution in [-0.2, 0) is 9.47 Å². The molecular formula is C22H28N2O5. The molecule has 0 saturated carbocycles. The summed E-state index contributed by atoms with van der Waals surface area (Å²) in [6, 6.07) is 7.61. The van der Waals surface area contributed by atoms with E-state index in [0.29, 0.717) is 13.0 Å². The second kappa shape index (κ2) is 9.60. The lowest BCUT2D eigenvalue weighted by Crippen LogP contribution is -2.32. The minimum atomic E-state index is -0.582. The number of ether oxygens (including phenoxy) is 2. The predicted octanol–water partition coefficient (Wildman–Crippen LogP) is 3.58. The summed E-state index contributed by atoms with van der Waals surface area (Å²) in [4.78, 5) is 27.9. The number of aliphatic hydroxyl groups excluding tert-OH is 1. The molecule has 2 aliphatic rings. The van der Waals surface area contributed by atoms with E-state index in [9.17, 15) is 14.7 Å².